The van der Waals surface area contributed by atoms with E-state index < -0.39 is 19.9 Å². The number of methoxy groups -OCH3 is 1. The van der Waals surface area contributed by atoms with Crippen molar-refractivity contribution in [2.45, 2.75) is 9.79 Å². The highest BCUT2D eigenvalue weighted by Crippen LogP contribution is 2.21. The Morgan fingerprint density at radius 3 is 2.05 bits per heavy atom. The van der Waals surface area contributed by atoms with Gasteiger partial charge in [-0.15, -0.1) is 0 Å². The van der Waals surface area contributed by atoms with Crippen LogP contribution in [0.3, 0.4) is 0 Å². The summed E-state index contributed by atoms with van der Waals surface area (Å²) in [6.07, 6.45) is 1.02. The molecule has 118 valence electrons. The highest BCUT2D eigenvalue weighted by Gasteiger charge is 2.17. The molecule has 0 saturated carbocycles. The fraction of sp³-hybridized carbons (Fsp3) is 0.143. The molecular weight excluding hydrogens is 326 g/mol. The largest absolute Gasteiger partial charge is 0.497 e. The van der Waals surface area contributed by atoms with Gasteiger partial charge in [-0.2, -0.15) is 0 Å². The Morgan fingerprint density at radius 2 is 1.50 bits per heavy atom. The molecule has 0 radical (unpaired) electrons. The Balaban J connectivity index is 2.34. The monoisotopic (exact) mass is 341 g/mol. The number of hydrogen-bond donors (Lipinski definition) is 1. The molecule has 0 aromatic heterocycles. The molecule has 0 fully saturated rings. The maximum absolute atomic E-state index is 12.3. The van der Waals surface area contributed by atoms with Gasteiger partial charge in [0.25, 0.3) is 10.0 Å². The Labute approximate surface area is 129 Å². The minimum atomic E-state index is -3.87. The van der Waals surface area contributed by atoms with Crippen molar-refractivity contribution in [2.24, 2.45) is 0 Å². The van der Waals surface area contributed by atoms with Crippen LogP contribution >= 0.6 is 0 Å². The van der Waals surface area contributed by atoms with Gasteiger partial charge in [-0.05, 0) is 42.5 Å². The minimum Gasteiger partial charge on any atom is -0.497 e. The van der Waals surface area contributed by atoms with E-state index in [2.05, 4.69) is 4.72 Å². The summed E-state index contributed by atoms with van der Waals surface area (Å²) in [6.45, 7) is 0. The maximum atomic E-state index is 12.3. The first-order chi connectivity index (χ1) is 10.2. The molecule has 6 nitrogen and oxygen atoms in total. The lowest BCUT2D eigenvalue weighted by Crippen LogP contribution is -2.13. The molecule has 0 bridgehead atoms. The number of benzene rings is 2. The summed E-state index contributed by atoms with van der Waals surface area (Å²) in [5.41, 5.74) is 0.352. The van der Waals surface area contributed by atoms with Gasteiger partial charge in [0.1, 0.15) is 5.75 Å². The molecule has 0 unspecified atom stereocenters. The fourth-order valence-corrected chi connectivity index (χ4v) is 3.59. The summed E-state index contributed by atoms with van der Waals surface area (Å²) in [4.78, 5) is -0.170. The van der Waals surface area contributed by atoms with Crippen LogP contribution in [0.1, 0.15) is 0 Å². The molecule has 0 aliphatic heterocycles. The van der Waals surface area contributed by atoms with E-state index in [1.807, 2.05) is 0 Å². The number of nitrogens with one attached hydrogen (secondary N) is 1. The lowest BCUT2D eigenvalue weighted by molar-refractivity contribution is 0.415. The van der Waals surface area contributed by atoms with Gasteiger partial charge in [0, 0.05) is 11.9 Å². The second kappa shape index (κ2) is 5.98. The van der Waals surface area contributed by atoms with Crippen LogP contribution in [0.25, 0.3) is 0 Å². The average molecular weight is 341 g/mol. The van der Waals surface area contributed by atoms with E-state index in [1.165, 1.54) is 25.3 Å². The van der Waals surface area contributed by atoms with Crippen molar-refractivity contribution in [3.05, 3.63) is 48.5 Å². The predicted molar refractivity (Wildman–Crippen MR) is 83.4 cm³/mol. The molecule has 8 heteroatoms. The zero-order valence-corrected chi connectivity index (χ0v) is 13.6. The van der Waals surface area contributed by atoms with Gasteiger partial charge in [0.05, 0.1) is 16.9 Å². The van der Waals surface area contributed by atoms with Crippen molar-refractivity contribution in [3.63, 3.8) is 0 Å². The molecule has 0 saturated heterocycles. The Morgan fingerprint density at radius 1 is 0.909 bits per heavy atom. The van der Waals surface area contributed by atoms with Gasteiger partial charge in [0.2, 0.25) is 0 Å². The normalized spacial score (nSPS) is 11.9. The first-order valence-corrected chi connectivity index (χ1v) is 9.57. The molecule has 0 aliphatic carbocycles. The minimum absolute atomic E-state index is 0.0508. The van der Waals surface area contributed by atoms with Crippen molar-refractivity contribution in [1.29, 1.82) is 0 Å². The lowest BCUT2D eigenvalue weighted by atomic mass is 10.3. The van der Waals surface area contributed by atoms with Gasteiger partial charge in [-0.1, -0.05) is 6.07 Å². The molecular formula is C14H15NO5S2. The Bertz CT molecular complexity index is 872. The van der Waals surface area contributed by atoms with Crippen LogP contribution in [0.5, 0.6) is 5.75 Å². The third kappa shape index (κ3) is 3.77. The zero-order chi connectivity index (χ0) is 16.4. The molecule has 0 spiro atoms. The third-order valence-corrected chi connectivity index (χ3v) is 5.38. The quantitative estimate of drug-likeness (QED) is 0.897. The van der Waals surface area contributed by atoms with Crippen molar-refractivity contribution in [3.8, 4) is 5.75 Å². The summed E-state index contributed by atoms with van der Waals surface area (Å²) in [7, 11) is -5.84. The molecule has 2 aromatic rings. The van der Waals surface area contributed by atoms with E-state index >= 15 is 0 Å². The van der Waals surface area contributed by atoms with Crippen molar-refractivity contribution >= 4 is 25.5 Å². The second-order valence-corrected chi connectivity index (χ2v) is 8.28. The smallest absolute Gasteiger partial charge is 0.261 e. The van der Waals surface area contributed by atoms with E-state index in [-0.39, 0.29) is 9.79 Å². The summed E-state index contributed by atoms with van der Waals surface area (Å²) in [5, 5.41) is 0. The highest BCUT2D eigenvalue weighted by atomic mass is 32.2. The third-order valence-electron chi connectivity index (χ3n) is 2.89. The van der Waals surface area contributed by atoms with Gasteiger partial charge < -0.3 is 4.74 Å². The van der Waals surface area contributed by atoms with Gasteiger partial charge >= 0.3 is 0 Å². The Hall–Kier alpha value is -2.06. The van der Waals surface area contributed by atoms with Crippen LogP contribution < -0.4 is 9.46 Å². The summed E-state index contributed by atoms with van der Waals surface area (Å²) >= 11 is 0. The summed E-state index contributed by atoms with van der Waals surface area (Å²) in [6, 6.07) is 11.5. The zero-order valence-electron chi connectivity index (χ0n) is 12.0. The van der Waals surface area contributed by atoms with Crippen LogP contribution in [0.15, 0.2) is 58.3 Å². The van der Waals surface area contributed by atoms with Crippen LogP contribution in [0.4, 0.5) is 5.69 Å². The molecule has 0 amide bonds. The first kappa shape index (κ1) is 16.3. The van der Waals surface area contributed by atoms with Crippen molar-refractivity contribution in [2.75, 3.05) is 18.1 Å². The average Bonchev–Trinajstić information content (AvgIpc) is 2.47. The van der Waals surface area contributed by atoms with E-state index in [4.69, 9.17) is 4.74 Å². The standard InChI is InChI=1S/C14H15NO5S2/c1-20-12-8-6-11(7-9-12)15-22(18,19)14-5-3-4-13(10-14)21(2,16)17/h3-10,15H,1-2H3. The number of rotatable bonds is 5. The van der Waals surface area contributed by atoms with E-state index in [0.717, 1.165) is 12.3 Å². The van der Waals surface area contributed by atoms with E-state index in [0.29, 0.717) is 11.4 Å². The van der Waals surface area contributed by atoms with Gasteiger partial charge in [-0.25, -0.2) is 16.8 Å². The predicted octanol–water partition coefficient (Wildman–Crippen LogP) is 1.90. The van der Waals surface area contributed by atoms with Crippen LogP contribution in [0, 0.1) is 0 Å². The lowest BCUT2D eigenvalue weighted by Gasteiger charge is -2.09. The highest BCUT2D eigenvalue weighted by molar-refractivity contribution is 7.93. The molecule has 0 heterocycles. The van der Waals surface area contributed by atoms with Crippen molar-refractivity contribution < 1.29 is 21.6 Å². The molecule has 0 atom stereocenters. The summed E-state index contributed by atoms with van der Waals surface area (Å²) < 4.78 is 55.0. The maximum Gasteiger partial charge on any atom is 0.261 e. The second-order valence-electron chi connectivity index (χ2n) is 4.58. The number of sulfonamides is 1. The SMILES string of the molecule is COc1ccc(NS(=O)(=O)c2cccc(S(C)(=O)=O)c2)cc1. The van der Waals surface area contributed by atoms with Gasteiger partial charge in [0.15, 0.2) is 9.84 Å². The van der Waals surface area contributed by atoms with Crippen LogP contribution in [0.2, 0.25) is 0 Å². The van der Waals surface area contributed by atoms with E-state index in [9.17, 15) is 16.8 Å². The fourth-order valence-electron chi connectivity index (χ4n) is 1.75. The van der Waals surface area contributed by atoms with Gasteiger partial charge in [-0.3, -0.25) is 4.72 Å². The summed E-state index contributed by atoms with van der Waals surface area (Å²) in [5.74, 6) is 0.599. The number of hydrogen-bond acceptors (Lipinski definition) is 5. The Kier molecular flexibility index (Phi) is 4.43. The molecule has 2 aromatic carbocycles. The molecule has 2 rings (SSSR count). The van der Waals surface area contributed by atoms with Crippen LogP contribution in [-0.2, 0) is 19.9 Å². The molecule has 1 N–H and O–H groups in total. The molecule has 22 heavy (non-hydrogen) atoms. The topological polar surface area (TPSA) is 89.5 Å². The number of ether oxygens (including phenoxy) is 1. The molecule has 0 aliphatic rings. The number of anilines is 1. The first-order valence-electron chi connectivity index (χ1n) is 6.19. The number of sulfone groups is 1. The van der Waals surface area contributed by atoms with E-state index in [1.54, 1.807) is 24.3 Å². The van der Waals surface area contributed by atoms with Crippen LogP contribution in [-0.4, -0.2) is 30.2 Å². The van der Waals surface area contributed by atoms with Crippen molar-refractivity contribution in [1.82, 2.24) is 0 Å².